The fraction of sp³-hybridized carbons (Fsp3) is 0.222. The summed E-state index contributed by atoms with van der Waals surface area (Å²) >= 11 is 1.46. The standard InChI is InChI=1S/C16H15N3OS.C2H6/c1-11-3-2-4-13(9-11)18-16-19-15(14(10-20)21-16)12-5-7-17-8-6-12;1-2/h2-9,20H,10H2,1H3,(H,18,19);1-2H3. The number of hydrogen-bond donors (Lipinski definition) is 2. The third-order valence-corrected chi connectivity index (χ3v) is 4.02. The van der Waals surface area contributed by atoms with E-state index in [1.165, 1.54) is 16.9 Å². The maximum atomic E-state index is 9.53. The van der Waals surface area contributed by atoms with Crippen molar-refractivity contribution in [3.8, 4) is 11.3 Å². The van der Waals surface area contributed by atoms with Crippen molar-refractivity contribution in [3.63, 3.8) is 0 Å². The minimum Gasteiger partial charge on any atom is -0.391 e. The quantitative estimate of drug-likeness (QED) is 0.724. The van der Waals surface area contributed by atoms with Gasteiger partial charge in [-0.2, -0.15) is 0 Å². The molecule has 0 saturated heterocycles. The van der Waals surface area contributed by atoms with Gasteiger partial charge in [0.25, 0.3) is 0 Å². The summed E-state index contributed by atoms with van der Waals surface area (Å²) in [5, 5.41) is 13.6. The molecule has 23 heavy (non-hydrogen) atoms. The Morgan fingerprint density at radius 1 is 1.13 bits per heavy atom. The summed E-state index contributed by atoms with van der Waals surface area (Å²) < 4.78 is 0. The van der Waals surface area contributed by atoms with Crippen molar-refractivity contribution in [1.82, 2.24) is 9.97 Å². The second kappa shape index (κ2) is 8.41. The van der Waals surface area contributed by atoms with Crippen molar-refractivity contribution in [1.29, 1.82) is 0 Å². The van der Waals surface area contributed by atoms with Crippen LogP contribution in [-0.2, 0) is 6.61 Å². The first-order valence-corrected chi connectivity index (χ1v) is 8.42. The second-order valence-corrected chi connectivity index (χ2v) is 5.76. The number of aryl methyl sites for hydroxylation is 1. The molecule has 2 N–H and O–H groups in total. The average molecular weight is 327 g/mol. The summed E-state index contributed by atoms with van der Waals surface area (Å²) in [6, 6.07) is 11.9. The summed E-state index contributed by atoms with van der Waals surface area (Å²) in [5.41, 5.74) is 3.95. The zero-order chi connectivity index (χ0) is 16.7. The highest BCUT2D eigenvalue weighted by molar-refractivity contribution is 7.16. The van der Waals surface area contributed by atoms with E-state index in [4.69, 9.17) is 0 Å². The molecule has 3 rings (SSSR count). The van der Waals surface area contributed by atoms with Crippen molar-refractivity contribution in [2.45, 2.75) is 27.4 Å². The normalized spacial score (nSPS) is 9.91. The van der Waals surface area contributed by atoms with Crippen molar-refractivity contribution in [2.75, 3.05) is 5.32 Å². The van der Waals surface area contributed by atoms with Crippen LogP contribution in [0.1, 0.15) is 24.3 Å². The van der Waals surface area contributed by atoms with Crippen molar-refractivity contribution in [2.24, 2.45) is 0 Å². The van der Waals surface area contributed by atoms with Gasteiger partial charge in [-0.1, -0.05) is 37.3 Å². The molecule has 0 amide bonds. The molecule has 0 spiro atoms. The van der Waals surface area contributed by atoms with Gasteiger partial charge in [-0.3, -0.25) is 4.98 Å². The molecule has 3 aromatic rings. The van der Waals surface area contributed by atoms with Crippen LogP contribution in [0, 0.1) is 6.92 Å². The number of thiazole rings is 1. The molecule has 0 aliphatic carbocycles. The Morgan fingerprint density at radius 3 is 2.52 bits per heavy atom. The van der Waals surface area contributed by atoms with Crippen molar-refractivity contribution < 1.29 is 5.11 Å². The van der Waals surface area contributed by atoms with Crippen LogP contribution in [0.15, 0.2) is 48.8 Å². The number of rotatable bonds is 4. The van der Waals surface area contributed by atoms with E-state index in [2.05, 4.69) is 34.3 Å². The highest BCUT2D eigenvalue weighted by atomic mass is 32.1. The number of anilines is 2. The Labute approximate surface area is 140 Å². The van der Waals surface area contributed by atoms with E-state index in [0.29, 0.717) is 0 Å². The molecule has 4 nitrogen and oxygen atoms in total. The first-order valence-electron chi connectivity index (χ1n) is 7.61. The first-order chi connectivity index (χ1) is 11.3. The summed E-state index contributed by atoms with van der Waals surface area (Å²) in [4.78, 5) is 9.45. The number of nitrogens with one attached hydrogen (secondary N) is 1. The smallest absolute Gasteiger partial charge is 0.188 e. The van der Waals surface area contributed by atoms with Gasteiger partial charge < -0.3 is 10.4 Å². The summed E-state index contributed by atoms with van der Waals surface area (Å²) in [7, 11) is 0. The monoisotopic (exact) mass is 327 g/mol. The predicted octanol–water partition coefficient (Wildman–Crippen LogP) is 4.78. The third-order valence-electron chi connectivity index (χ3n) is 3.06. The topological polar surface area (TPSA) is 58.0 Å². The van der Waals surface area contributed by atoms with Crippen LogP contribution >= 0.6 is 11.3 Å². The van der Waals surface area contributed by atoms with E-state index in [-0.39, 0.29) is 6.61 Å². The lowest BCUT2D eigenvalue weighted by molar-refractivity contribution is 0.286. The van der Waals surface area contributed by atoms with Crippen LogP contribution in [0.2, 0.25) is 0 Å². The van der Waals surface area contributed by atoms with Gasteiger partial charge in [0.2, 0.25) is 0 Å². The lowest BCUT2D eigenvalue weighted by Crippen LogP contribution is -1.90. The van der Waals surface area contributed by atoms with E-state index >= 15 is 0 Å². The SMILES string of the molecule is CC.Cc1cccc(Nc2nc(-c3ccncc3)c(CO)s2)c1. The molecule has 2 heterocycles. The Kier molecular flexibility index (Phi) is 6.26. The van der Waals surface area contributed by atoms with E-state index in [1.54, 1.807) is 12.4 Å². The maximum Gasteiger partial charge on any atom is 0.188 e. The molecule has 0 aliphatic heterocycles. The molecule has 0 radical (unpaired) electrons. The number of aliphatic hydroxyl groups is 1. The summed E-state index contributed by atoms with van der Waals surface area (Å²) in [6.07, 6.45) is 3.45. The fourth-order valence-corrected chi connectivity index (χ4v) is 2.96. The third kappa shape index (κ3) is 4.37. The molecule has 1 aromatic carbocycles. The highest BCUT2D eigenvalue weighted by Gasteiger charge is 2.12. The molecule has 0 saturated carbocycles. The van der Waals surface area contributed by atoms with Crippen molar-refractivity contribution in [3.05, 3.63) is 59.2 Å². The molecule has 0 bridgehead atoms. The summed E-state index contributed by atoms with van der Waals surface area (Å²) in [6.45, 7) is 6.03. The molecule has 0 fully saturated rings. The lowest BCUT2D eigenvalue weighted by atomic mass is 10.2. The average Bonchev–Trinajstić information content (AvgIpc) is 3.00. The van der Waals surface area contributed by atoms with E-state index in [0.717, 1.165) is 27.0 Å². The van der Waals surface area contributed by atoms with Crippen molar-refractivity contribution >= 4 is 22.2 Å². The van der Waals surface area contributed by atoms with Gasteiger partial charge in [0.05, 0.1) is 17.2 Å². The number of aliphatic hydroxyl groups excluding tert-OH is 1. The number of pyridine rings is 1. The van der Waals surface area contributed by atoms with Gasteiger partial charge in [-0.25, -0.2) is 4.98 Å². The summed E-state index contributed by atoms with van der Waals surface area (Å²) in [5.74, 6) is 0. The van der Waals surface area contributed by atoms with Crippen LogP contribution in [0.5, 0.6) is 0 Å². The number of nitrogens with zero attached hydrogens (tertiary/aromatic N) is 2. The second-order valence-electron chi connectivity index (χ2n) is 4.68. The Morgan fingerprint density at radius 2 is 1.87 bits per heavy atom. The Balaban J connectivity index is 0.000000924. The van der Waals surface area contributed by atoms with E-state index < -0.39 is 0 Å². The van der Waals surface area contributed by atoms with Gasteiger partial charge in [-0.15, -0.1) is 0 Å². The van der Waals surface area contributed by atoms with Crippen LogP contribution in [-0.4, -0.2) is 15.1 Å². The minimum atomic E-state index is -0.0230. The van der Waals surface area contributed by atoms with Gasteiger partial charge in [0.15, 0.2) is 5.13 Å². The molecule has 120 valence electrons. The molecule has 5 heteroatoms. The van der Waals surface area contributed by atoms with Crippen LogP contribution < -0.4 is 5.32 Å². The first kappa shape index (κ1) is 17.1. The molecular weight excluding hydrogens is 306 g/mol. The van der Waals surface area contributed by atoms with Crippen LogP contribution in [0.3, 0.4) is 0 Å². The number of benzene rings is 1. The highest BCUT2D eigenvalue weighted by Crippen LogP contribution is 2.32. The molecule has 0 unspecified atom stereocenters. The Bertz CT molecular complexity index is 741. The zero-order valence-corrected chi connectivity index (χ0v) is 14.4. The molecule has 2 aromatic heterocycles. The molecular formula is C18H21N3OS. The fourth-order valence-electron chi connectivity index (χ4n) is 2.09. The minimum absolute atomic E-state index is 0.0230. The zero-order valence-electron chi connectivity index (χ0n) is 13.6. The van der Waals surface area contributed by atoms with Gasteiger partial charge in [0.1, 0.15) is 0 Å². The molecule has 0 atom stereocenters. The predicted molar refractivity (Wildman–Crippen MR) is 97.1 cm³/mol. The van der Waals surface area contributed by atoms with Crippen LogP contribution in [0.4, 0.5) is 10.8 Å². The Hall–Kier alpha value is -2.24. The number of hydrogen-bond acceptors (Lipinski definition) is 5. The van der Waals surface area contributed by atoms with E-state index in [9.17, 15) is 5.11 Å². The van der Waals surface area contributed by atoms with Crippen LogP contribution in [0.25, 0.3) is 11.3 Å². The number of aromatic nitrogens is 2. The van der Waals surface area contributed by atoms with Gasteiger partial charge >= 0.3 is 0 Å². The van der Waals surface area contributed by atoms with E-state index in [1.807, 2.05) is 38.1 Å². The maximum absolute atomic E-state index is 9.53. The van der Waals surface area contributed by atoms with Gasteiger partial charge in [0, 0.05) is 23.6 Å². The largest absolute Gasteiger partial charge is 0.391 e. The molecule has 0 aliphatic rings. The van der Waals surface area contributed by atoms with Gasteiger partial charge in [-0.05, 0) is 36.8 Å². The lowest BCUT2D eigenvalue weighted by Gasteiger charge is -2.02.